The SMILES string of the molecule is C#CCNC(=O)COC(=O)c1sc(C)nc1-c1ccccc1. The van der Waals surface area contributed by atoms with Crippen molar-refractivity contribution in [2.75, 3.05) is 13.2 Å². The van der Waals surface area contributed by atoms with E-state index in [1.807, 2.05) is 37.3 Å². The first-order valence-corrected chi connectivity index (χ1v) is 7.33. The molecule has 0 spiro atoms. The number of carbonyl (C=O) groups is 2. The van der Waals surface area contributed by atoms with E-state index in [2.05, 4.69) is 16.2 Å². The van der Waals surface area contributed by atoms with Crippen molar-refractivity contribution in [3.63, 3.8) is 0 Å². The van der Waals surface area contributed by atoms with E-state index in [0.717, 1.165) is 10.6 Å². The monoisotopic (exact) mass is 314 g/mol. The number of aromatic nitrogens is 1. The molecule has 1 heterocycles. The number of rotatable bonds is 5. The van der Waals surface area contributed by atoms with Gasteiger partial charge in [0, 0.05) is 5.56 Å². The highest BCUT2D eigenvalue weighted by molar-refractivity contribution is 7.14. The molecule has 112 valence electrons. The molecule has 2 rings (SSSR count). The molecule has 0 aliphatic heterocycles. The molecule has 22 heavy (non-hydrogen) atoms. The Hall–Kier alpha value is -2.65. The summed E-state index contributed by atoms with van der Waals surface area (Å²) in [6.07, 6.45) is 5.03. The number of terminal acetylenes is 1. The lowest BCUT2D eigenvalue weighted by atomic mass is 10.1. The molecular weight excluding hydrogens is 300 g/mol. The molecule has 0 aliphatic rings. The van der Waals surface area contributed by atoms with Crippen molar-refractivity contribution in [1.29, 1.82) is 0 Å². The van der Waals surface area contributed by atoms with Crippen molar-refractivity contribution in [2.24, 2.45) is 0 Å². The van der Waals surface area contributed by atoms with E-state index in [1.165, 1.54) is 11.3 Å². The third-order valence-corrected chi connectivity index (χ3v) is 3.64. The fourth-order valence-electron chi connectivity index (χ4n) is 1.75. The van der Waals surface area contributed by atoms with Crippen LogP contribution in [-0.2, 0) is 9.53 Å². The van der Waals surface area contributed by atoms with E-state index in [9.17, 15) is 9.59 Å². The minimum absolute atomic E-state index is 0.102. The van der Waals surface area contributed by atoms with E-state index in [4.69, 9.17) is 11.2 Å². The third-order valence-electron chi connectivity index (χ3n) is 2.69. The number of esters is 1. The average Bonchev–Trinajstić information content (AvgIpc) is 2.93. The van der Waals surface area contributed by atoms with E-state index >= 15 is 0 Å². The molecule has 0 bridgehead atoms. The number of benzene rings is 1. The summed E-state index contributed by atoms with van der Waals surface area (Å²) in [6.45, 7) is 1.55. The van der Waals surface area contributed by atoms with Gasteiger partial charge >= 0.3 is 5.97 Å². The predicted octanol–water partition coefficient (Wildman–Crippen LogP) is 2.02. The van der Waals surface area contributed by atoms with Crippen molar-refractivity contribution in [2.45, 2.75) is 6.92 Å². The molecule has 6 heteroatoms. The van der Waals surface area contributed by atoms with Crippen LogP contribution in [-0.4, -0.2) is 30.0 Å². The zero-order valence-corrected chi connectivity index (χ0v) is 12.8. The van der Waals surface area contributed by atoms with Gasteiger partial charge < -0.3 is 10.1 Å². The fourth-order valence-corrected chi connectivity index (χ4v) is 2.59. The first-order chi connectivity index (χ1) is 10.6. The largest absolute Gasteiger partial charge is 0.451 e. The molecular formula is C16H14N2O3S. The number of hydrogen-bond donors (Lipinski definition) is 1. The van der Waals surface area contributed by atoms with Crippen LogP contribution in [0.4, 0.5) is 0 Å². The summed E-state index contributed by atoms with van der Waals surface area (Å²) in [5, 5.41) is 3.18. The highest BCUT2D eigenvalue weighted by Gasteiger charge is 2.20. The summed E-state index contributed by atoms with van der Waals surface area (Å²) in [4.78, 5) is 28.3. The van der Waals surface area contributed by atoms with Crippen molar-refractivity contribution in [3.05, 3.63) is 40.2 Å². The summed E-state index contributed by atoms with van der Waals surface area (Å²) in [5.74, 6) is 1.27. The Morgan fingerprint density at radius 1 is 1.36 bits per heavy atom. The molecule has 1 N–H and O–H groups in total. The number of hydrogen-bond acceptors (Lipinski definition) is 5. The topological polar surface area (TPSA) is 68.3 Å². The van der Waals surface area contributed by atoms with Crippen LogP contribution >= 0.6 is 11.3 Å². The Morgan fingerprint density at radius 3 is 2.77 bits per heavy atom. The Labute approximate surface area is 132 Å². The van der Waals surface area contributed by atoms with Gasteiger partial charge in [-0.05, 0) is 6.92 Å². The van der Waals surface area contributed by atoms with Gasteiger partial charge in [-0.1, -0.05) is 36.3 Å². The maximum absolute atomic E-state index is 12.2. The zero-order chi connectivity index (χ0) is 15.9. The number of nitrogens with zero attached hydrogens (tertiary/aromatic N) is 1. The maximum Gasteiger partial charge on any atom is 0.351 e. The third kappa shape index (κ3) is 3.93. The van der Waals surface area contributed by atoms with Crippen LogP contribution < -0.4 is 5.32 Å². The second-order valence-corrected chi connectivity index (χ2v) is 5.54. The lowest BCUT2D eigenvalue weighted by Gasteiger charge is -2.05. The number of ether oxygens (including phenoxy) is 1. The number of carbonyl (C=O) groups excluding carboxylic acids is 2. The van der Waals surface area contributed by atoms with Gasteiger partial charge in [-0.25, -0.2) is 9.78 Å². The van der Waals surface area contributed by atoms with Crippen LogP contribution in [0.3, 0.4) is 0 Å². The number of nitrogens with one attached hydrogen (secondary N) is 1. The molecule has 1 amide bonds. The highest BCUT2D eigenvalue weighted by Crippen LogP contribution is 2.28. The lowest BCUT2D eigenvalue weighted by Crippen LogP contribution is -2.28. The molecule has 0 aliphatic carbocycles. The first kappa shape index (κ1) is 15.7. The van der Waals surface area contributed by atoms with E-state index in [1.54, 1.807) is 0 Å². The van der Waals surface area contributed by atoms with Crippen LogP contribution in [0.15, 0.2) is 30.3 Å². The Balaban J connectivity index is 2.11. The summed E-state index contributed by atoms with van der Waals surface area (Å²) in [6, 6.07) is 9.35. The van der Waals surface area contributed by atoms with Crippen LogP contribution in [0.2, 0.25) is 0 Å². The molecule has 0 fully saturated rings. The predicted molar refractivity (Wildman–Crippen MR) is 84.4 cm³/mol. The average molecular weight is 314 g/mol. The maximum atomic E-state index is 12.2. The molecule has 0 atom stereocenters. The Bertz CT molecular complexity index is 717. The smallest absolute Gasteiger partial charge is 0.351 e. The van der Waals surface area contributed by atoms with Gasteiger partial charge in [0.15, 0.2) is 6.61 Å². The van der Waals surface area contributed by atoms with Gasteiger partial charge in [0.25, 0.3) is 5.91 Å². The van der Waals surface area contributed by atoms with E-state index < -0.39 is 11.9 Å². The van der Waals surface area contributed by atoms with Crippen LogP contribution in [0, 0.1) is 19.3 Å². The van der Waals surface area contributed by atoms with Gasteiger partial charge in [0.05, 0.1) is 17.2 Å². The molecule has 0 saturated heterocycles. The molecule has 1 aromatic carbocycles. The van der Waals surface area contributed by atoms with Crippen LogP contribution in [0.1, 0.15) is 14.7 Å². The molecule has 1 aromatic heterocycles. The second-order valence-electron chi connectivity index (χ2n) is 4.33. The fraction of sp³-hybridized carbons (Fsp3) is 0.188. The molecule has 5 nitrogen and oxygen atoms in total. The number of aryl methyl sites for hydroxylation is 1. The van der Waals surface area contributed by atoms with Crippen LogP contribution in [0.5, 0.6) is 0 Å². The normalized spacial score (nSPS) is 9.82. The minimum Gasteiger partial charge on any atom is -0.451 e. The van der Waals surface area contributed by atoms with Gasteiger partial charge in [-0.15, -0.1) is 17.8 Å². The highest BCUT2D eigenvalue weighted by atomic mass is 32.1. The number of thiazole rings is 1. The Kier molecular flexibility index (Phi) is 5.28. The minimum atomic E-state index is -0.569. The summed E-state index contributed by atoms with van der Waals surface area (Å²) < 4.78 is 5.01. The summed E-state index contributed by atoms with van der Waals surface area (Å²) >= 11 is 1.24. The van der Waals surface area contributed by atoms with Gasteiger partial charge in [-0.3, -0.25) is 4.79 Å². The molecule has 0 unspecified atom stereocenters. The van der Waals surface area contributed by atoms with Crippen molar-refractivity contribution < 1.29 is 14.3 Å². The quantitative estimate of drug-likeness (QED) is 0.677. The van der Waals surface area contributed by atoms with Crippen LogP contribution in [0.25, 0.3) is 11.3 Å². The first-order valence-electron chi connectivity index (χ1n) is 6.52. The van der Waals surface area contributed by atoms with Crippen molar-refractivity contribution in [3.8, 4) is 23.6 Å². The molecule has 0 radical (unpaired) electrons. The summed E-state index contributed by atoms with van der Waals surface area (Å²) in [7, 11) is 0. The van der Waals surface area contributed by atoms with Gasteiger partial charge in [0.2, 0.25) is 0 Å². The van der Waals surface area contributed by atoms with Crippen molar-refractivity contribution in [1.82, 2.24) is 10.3 Å². The molecule has 0 saturated carbocycles. The van der Waals surface area contributed by atoms with Crippen molar-refractivity contribution >= 4 is 23.2 Å². The second kappa shape index (κ2) is 7.38. The summed E-state index contributed by atoms with van der Waals surface area (Å²) in [5.41, 5.74) is 1.40. The zero-order valence-electron chi connectivity index (χ0n) is 12.0. The van der Waals surface area contributed by atoms with E-state index in [0.29, 0.717) is 10.6 Å². The molecule has 2 aromatic rings. The standard InChI is InChI=1S/C16H14N2O3S/c1-3-9-17-13(19)10-21-16(20)15-14(18-11(2)22-15)12-7-5-4-6-8-12/h1,4-8H,9-10H2,2H3,(H,17,19). The number of amides is 1. The van der Waals surface area contributed by atoms with Gasteiger partial charge in [0.1, 0.15) is 4.88 Å². The van der Waals surface area contributed by atoms with E-state index in [-0.39, 0.29) is 13.2 Å². The van der Waals surface area contributed by atoms with Gasteiger partial charge in [-0.2, -0.15) is 0 Å². The Morgan fingerprint density at radius 2 is 2.09 bits per heavy atom. The lowest BCUT2D eigenvalue weighted by molar-refractivity contribution is -0.123.